The number of ether oxygens (including phenoxy) is 1. The highest BCUT2D eigenvalue weighted by Gasteiger charge is 2.60. The number of amides is 1. The second-order valence-corrected chi connectivity index (χ2v) is 8.99. The number of carbonyl (C=O) groups is 1. The largest absolute Gasteiger partial charge is 0.497 e. The molecule has 32 heavy (non-hydrogen) atoms. The molecule has 1 aromatic heterocycles. The van der Waals surface area contributed by atoms with Crippen LogP contribution in [-0.2, 0) is 10.2 Å². The molecule has 1 aliphatic heterocycles. The molecule has 1 amide bonds. The van der Waals surface area contributed by atoms with Crippen molar-refractivity contribution in [1.82, 2.24) is 15.1 Å². The molecule has 174 valence electrons. The monoisotopic (exact) mass is 453 g/mol. The van der Waals surface area contributed by atoms with Crippen LogP contribution in [0, 0.1) is 11.8 Å². The van der Waals surface area contributed by atoms with Gasteiger partial charge in [0.15, 0.2) is 0 Å². The van der Waals surface area contributed by atoms with Gasteiger partial charge in [-0.2, -0.15) is 13.2 Å². The van der Waals surface area contributed by atoms with E-state index in [4.69, 9.17) is 9.15 Å². The van der Waals surface area contributed by atoms with Crippen molar-refractivity contribution in [3.05, 3.63) is 30.2 Å². The number of halogens is 3. The van der Waals surface area contributed by atoms with Crippen molar-refractivity contribution in [3.63, 3.8) is 0 Å². The summed E-state index contributed by atoms with van der Waals surface area (Å²) in [6.07, 6.45) is -2.83. The molecule has 10 heteroatoms. The summed E-state index contributed by atoms with van der Waals surface area (Å²) in [5.41, 5.74) is -2.95. The number of piperidine rings is 1. The Kier molecular flexibility index (Phi) is 5.47. The maximum absolute atomic E-state index is 13.1. The minimum Gasteiger partial charge on any atom is -0.497 e. The molecule has 0 bridgehead atoms. The van der Waals surface area contributed by atoms with Gasteiger partial charge in [0.1, 0.15) is 5.75 Å². The summed E-state index contributed by atoms with van der Waals surface area (Å²) in [6.45, 7) is 2.69. The van der Waals surface area contributed by atoms with Crippen molar-refractivity contribution in [2.45, 2.75) is 50.3 Å². The number of methoxy groups -OCH3 is 1. The summed E-state index contributed by atoms with van der Waals surface area (Å²) in [5.74, 6) is 0.339. The van der Waals surface area contributed by atoms with Crippen LogP contribution in [0.25, 0.3) is 11.5 Å². The first kappa shape index (κ1) is 22.6. The average Bonchev–Trinajstić information content (AvgIpc) is 3.40. The van der Waals surface area contributed by atoms with Crippen LogP contribution < -0.4 is 4.74 Å². The number of nitrogens with zero attached hydrogens (tertiary/aromatic N) is 3. The third-order valence-electron chi connectivity index (χ3n) is 6.85. The predicted molar refractivity (Wildman–Crippen MR) is 108 cm³/mol. The Labute approximate surface area is 183 Å². The van der Waals surface area contributed by atoms with Gasteiger partial charge >= 0.3 is 6.18 Å². The number of aliphatic hydroxyl groups is 1. The molecule has 1 saturated heterocycles. The average molecular weight is 453 g/mol. The van der Waals surface area contributed by atoms with Crippen molar-refractivity contribution in [2.24, 2.45) is 11.8 Å². The molecule has 2 aromatic rings. The number of aromatic nitrogens is 2. The highest BCUT2D eigenvalue weighted by Crippen LogP contribution is 2.58. The van der Waals surface area contributed by atoms with E-state index in [1.54, 1.807) is 19.2 Å². The number of hydrogen-bond donors (Lipinski definition) is 1. The molecule has 1 aromatic carbocycles. The number of benzene rings is 1. The fourth-order valence-corrected chi connectivity index (χ4v) is 4.73. The molecule has 0 spiro atoms. The minimum atomic E-state index is -5.02. The Bertz CT molecular complexity index is 983. The number of likely N-dealkylation sites (tertiary alicyclic amines) is 1. The van der Waals surface area contributed by atoms with E-state index in [1.165, 1.54) is 0 Å². The van der Waals surface area contributed by atoms with E-state index < -0.39 is 17.7 Å². The second kappa shape index (κ2) is 7.75. The maximum atomic E-state index is 13.1. The fourth-order valence-electron chi connectivity index (χ4n) is 4.73. The Balaban J connectivity index is 1.48. The summed E-state index contributed by atoms with van der Waals surface area (Å²) in [4.78, 5) is 13.5. The molecule has 1 saturated carbocycles. The third kappa shape index (κ3) is 3.74. The SMILES string of the molecule is COc1ccc(-c2nnc(C3(C4CCN(C(=O)C(C)(O)C(F)(F)F)CC4C)CC3)o2)cc1. The highest BCUT2D eigenvalue weighted by atomic mass is 19.4. The van der Waals surface area contributed by atoms with Gasteiger partial charge in [0.2, 0.25) is 17.4 Å². The van der Waals surface area contributed by atoms with Crippen molar-refractivity contribution in [2.75, 3.05) is 20.2 Å². The van der Waals surface area contributed by atoms with Gasteiger partial charge in [0, 0.05) is 18.7 Å². The van der Waals surface area contributed by atoms with Crippen LogP contribution in [0.4, 0.5) is 13.2 Å². The van der Waals surface area contributed by atoms with E-state index in [0.717, 1.165) is 23.3 Å². The molecule has 3 atom stereocenters. The van der Waals surface area contributed by atoms with Crippen LogP contribution in [0.1, 0.15) is 39.0 Å². The van der Waals surface area contributed by atoms with Gasteiger partial charge in [-0.1, -0.05) is 6.92 Å². The smallest absolute Gasteiger partial charge is 0.426 e. The zero-order valence-electron chi connectivity index (χ0n) is 18.1. The normalized spacial score (nSPS) is 24.7. The molecule has 2 heterocycles. The van der Waals surface area contributed by atoms with Gasteiger partial charge in [-0.25, -0.2) is 0 Å². The predicted octanol–water partition coefficient (Wildman–Crippen LogP) is 3.57. The molecule has 1 N–H and O–H groups in total. The topological polar surface area (TPSA) is 88.7 Å². The number of carbonyl (C=O) groups excluding carboxylic acids is 1. The molecule has 1 aliphatic carbocycles. The lowest BCUT2D eigenvalue weighted by atomic mass is 9.74. The molecular weight excluding hydrogens is 427 g/mol. The highest BCUT2D eigenvalue weighted by molar-refractivity contribution is 5.85. The van der Waals surface area contributed by atoms with Crippen molar-refractivity contribution < 1.29 is 32.2 Å². The molecule has 7 nitrogen and oxygen atoms in total. The van der Waals surface area contributed by atoms with E-state index >= 15 is 0 Å². The fraction of sp³-hybridized carbons (Fsp3) is 0.591. The van der Waals surface area contributed by atoms with Gasteiger partial charge in [-0.3, -0.25) is 4.79 Å². The summed E-state index contributed by atoms with van der Waals surface area (Å²) >= 11 is 0. The van der Waals surface area contributed by atoms with E-state index in [2.05, 4.69) is 10.2 Å². The van der Waals surface area contributed by atoms with Crippen molar-refractivity contribution in [1.29, 1.82) is 0 Å². The van der Waals surface area contributed by atoms with Crippen LogP contribution in [-0.4, -0.2) is 58.1 Å². The first-order chi connectivity index (χ1) is 15.0. The van der Waals surface area contributed by atoms with Gasteiger partial charge in [0.05, 0.1) is 12.5 Å². The van der Waals surface area contributed by atoms with Crippen LogP contribution in [0.15, 0.2) is 28.7 Å². The Morgan fingerprint density at radius 1 is 1.25 bits per heavy atom. The lowest BCUT2D eigenvalue weighted by Gasteiger charge is -2.42. The van der Waals surface area contributed by atoms with Crippen LogP contribution in [0.3, 0.4) is 0 Å². The lowest BCUT2D eigenvalue weighted by molar-refractivity contribution is -0.251. The van der Waals surface area contributed by atoms with Gasteiger partial charge in [-0.05, 0) is 62.3 Å². The van der Waals surface area contributed by atoms with E-state index in [1.807, 2.05) is 19.1 Å². The minimum absolute atomic E-state index is 0.0874. The first-order valence-electron chi connectivity index (χ1n) is 10.6. The van der Waals surface area contributed by atoms with E-state index in [9.17, 15) is 23.1 Å². The molecular formula is C22H26F3N3O4. The summed E-state index contributed by atoms with van der Waals surface area (Å²) in [7, 11) is 1.58. The van der Waals surface area contributed by atoms with Crippen LogP contribution >= 0.6 is 0 Å². The molecule has 2 fully saturated rings. The third-order valence-corrected chi connectivity index (χ3v) is 6.85. The Hall–Kier alpha value is -2.62. The van der Waals surface area contributed by atoms with E-state index in [-0.39, 0.29) is 30.3 Å². The van der Waals surface area contributed by atoms with Crippen LogP contribution in [0.5, 0.6) is 5.75 Å². The maximum Gasteiger partial charge on any atom is 0.426 e. The molecule has 4 rings (SSSR count). The summed E-state index contributed by atoms with van der Waals surface area (Å²) in [6, 6.07) is 7.26. The standard InChI is InChI=1S/C22H26F3N3O4/c1-13-12-28(19(29)20(2,30)22(23,24)25)11-8-16(13)21(9-10-21)18-27-26-17(32-18)14-4-6-15(31-3)7-5-14/h4-7,13,16,30H,8-12H2,1-3H3. The quantitative estimate of drug-likeness (QED) is 0.745. The molecule has 3 unspecified atom stereocenters. The number of alkyl halides is 3. The molecule has 0 radical (unpaired) electrons. The summed E-state index contributed by atoms with van der Waals surface area (Å²) < 4.78 is 50.4. The lowest BCUT2D eigenvalue weighted by Crippen LogP contribution is -2.58. The van der Waals surface area contributed by atoms with Gasteiger partial charge in [-0.15, -0.1) is 10.2 Å². The van der Waals surface area contributed by atoms with Crippen molar-refractivity contribution in [3.8, 4) is 17.2 Å². The van der Waals surface area contributed by atoms with Crippen molar-refractivity contribution >= 4 is 5.91 Å². The van der Waals surface area contributed by atoms with Crippen LogP contribution in [0.2, 0.25) is 0 Å². The molecule has 2 aliphatic rings. The van der Waals surface area contributed by atoms with Gasteiger partial charge in [0.25, 0.3) is 5.91 Å². The Morgan fingerprint density at radius 3 is 2.44 bits per heavy atom. The zero-order valence-corrected chi connectivity index (χ0v) is 18.1. The number of hydrogen-bond acceptors (Lipinski definition) is 6. The first-order valence-corrected chi connectivity index (χ1v) is 10.6. The number of rotatable bonds is 5. The van der Waals surface area contributed by atoms with Gasteiger partial charge < -0.3 is 19.2 Å². The summed E-state index contributed by atoms with van der Waals surface area (Å²) in [5, 5.41) is 18.2. The zero-order chi connectivity index (χ0) is 23.3. The second-order valence-electron chi connectivity index (χ2n) is 8.99. The Morgan fingerprint density at radius 2 is 1.91 bits per heavy atom. The van der Waals surface area contributed by atoms with E-state index in [0.29, 0.717) is 30.9 Å².